The summed E-state index contributed by atoms with van der Waals surface area (Å²) in [7, 11) is 0. The Kier molecular flexibility index (Phi) is 9.12. The van der Waals surface area contributed by atoms with Crippen molar-refractivity contribution in [2.75, 3.05) is 0 Å². The summed E-state index contributed by atoms with van der Waals surface area (Å²) in [6.07, 6.45) is 0. The van der Waals surface area contributed by atoms with Crippen LogP contribution in [0.25, 0.3) is 122 Å². The first-order valence-corrected chi connectivity index (χ1v) is 22.7. The fourth-order valence-corrected chi connectivity index (χ4v) is 9.96. The Hall–Kier alpha value is -9.44. The molecule has 3 heterocycles. The molecule has 13 rings (SSSR count). The third kappa shape index (κ3) is 6.45. The first-order chi connectivity index (χ1) is 33.7. The van der Waals surface area contributed by atoms with Gasteiger partial charge in [-0.25, -0.2) is 15.0 Å². The molecule has 13 aromatic rings. The molecule has 6 heteroatoms. The summed E-state index contributed by atoms with van der Waals surface area (Å²) in [5, 5.41) is 18.0. The zero-order chi connectivity index (χ0) is 45.1. The lowest BCUT2D eigenvalue weighted by Gasteiger charge is -2.13. The highest BCUT2D eigenvalue weighted by molar-refractivity contribution is 6.26. The Morgan fingerprint density at radius 2 is 0.838 bits per heavy atom. The summed E-state index contributed by atoms with van der Waals surface area (Å²) in [6, 6.07) is 82.7. The molecule has 6 nitrogen and oxygen atoms in total. The zero-order valence-corrected chi connectivity index (χ0v) is 36.6. The van der Waals surface area contributed by atoms with Gasteiger partial charge in [0.15, 0.2) is 17.5 Å². The van der Waals surface area contributed by atoms with Crippen LogP contribution in [0.3, 0.4) is 0 Å². The Labute approximate surface area is 391 Å². The third-order valence-corrected chi connectivity index (χ3v) is 13.2. The van der Waals surface area contributed by atoms with Crippen molar-refractivity contribution in [3.63, 3.8) is 0 Å². The predicted molar refractivity (Wildman–Crippen MR) is 278 cm³/mol. The topological polar surface area (TPSA) is 72.3 Å². The van der Waals surface area contributed by atoms with E-state index in [1.165, 1.54) is 10.8 Å². The highest BCUT2D eigenvalue weighted by Crippen LogP contribution is 2.43. The molecule has 0 radical (unpaired) electrons. The Morgan fingerprint density at radius 1 is 0.338 bits per heavy atom. The van der Waals surface area contributed by atoms with E-state index in [-0.39, 0.29) is 0 Å². The van der Waals surface area contributed by atoms with Crippen molar-refractivity contribution < 1.29 is 0 Å². The highest BCUT2D eigenvalue weighted by Gasteiger charge is 2.23. The van der Waals surface area contributed by atoms with Crippen molar-refractivity contribution in [2.45, 2.75) is 0 Å². The van der Waals surface area contributed by atoms with Gasteiger partial charge in [-0.15, -0.1) is 0 Å². The van der Waals surface area contributed by atoms with Crippen LogP contribution in [-0.2, 0) is 0 Å². The lowest BCUT2D eigenvalue weighted by atomic mass is 10.0. The number of aromatic nitrogens is 5. The summed E-state index contributed by atoms with van der Waals surface area (Å²) in [5.41, 5.74) is 13.6. The molecule has 0 aliphatic heterocycles. The van der Waals surface area contributed by atoms with Gasteiger partial charge >= 0.3 is 0 Å². The van der Waals surface area contributed by atoms with Crippen LogP contribution in [0.1, 0.15) is 5.56 Å². The molecule has 0 N–H and O–H groups in total. The number of nitriles is 1. The summed E-state index contributed by atoms with van der Waals surface area (Å²) < 4.78 is 4.65. The SMILES string of the molecule is N#Cc1cc(-c2nc(-c3ccc(-c4ccccc4)cc3)nc(-c3ccc(-c4ccccc4)cc3)n2)ccc1-n1c2ccccc2c2ccc3c(c4ccccc4n3-c3ccc4ccccc4c3)c21. The number of nitrogens with zero attached hydrogens (tertiary/aromatic N) is 6. The molecular weight excluding hydrogens is 829 g/mol. The molecule has 3 aromatic heterocycles. The minimum atomic E-state index is 0.482. The van der Waals surface area contributed by atoms with E-state index in [1.807, 2.05) is 54.6 Å². The van der Waals surface area contributed by atoms with E-state index in [2.05, 4.69) is 191 Å². The Balaban J connectivity index is 0.991. The monoisotopic (exact) mass is 866 g/mol. The fraction of sp³-hybridized carbons (Fsp3) is 0. The molecule has 0 amide bonds. The third-order valence-electron chi connectivity index (χ3n) is 13.2. The molecule has 0 saturated carbocycles. The van der Waals surface area contributed by atoms with Crippen molar-refractivity contribution in [3.8, 4) is 73.9 Å². The molecule has 316 valence electrons. The van der Waals surface area contributed by atoms with Crippen LogP contribution in [0.4, 0.5) is 0 Å². The van der Waals surface area contributed by atoms with Crippen molar-refractivity contribution >= 4 is 54.4 Å². The summed E-state index contributed by atoms with van der Waals surface area (Å²) >= 11 is 0. The Morgan fingerprint density at radius 3 is 1.47 bits per heavy atom. The lowest BCUT2D eigenvalue weighted by molar-refractivity contribution is 1.07. The lowest BCUT2D eigenvalue weighted by Crippen LogP contribution is -2.02. The van der Waals surface area contributed by atoms with Gasteiger partial charge in [-0.05, 0) is 81.6 Å². The van der Waals surface area contributed by atoms with Crippen molar-refractivity contribution in [3.05, 3.63) is 236 Å². The standard InChI is InChI=1S/C62H38N6/c63-39-49-37-48(62-65-60(45-27-23-43(24-28-45)40-13-3-1-4-14-40)64-61(66-62)46-29-25-44(26-30-46)41-15-5-2-6-16-41)32-35-54(49)68-55-21-11-9-19-51(55)52-34-36-57-58(59(52)68)53-20-10-12-22-56(53)67(57)50-33-31-42-17-7-8-18-47(42)38-50/h1-38H. The van der Waals surface area contributed by atoms with Gasteiger partial charge in [0, 0.05) is 43.9 Å². The first kappa shape index (κ1) is 39.0. The number of hydrogen-bond donors (Lipinski definition) is 0. The van der Waals surface area contributed by atoms with E-state index in [9.17, 15) is 5.26 Å². The molecule has 0 bridgehead atoms. The number of benzene rings is 10. The molecule has 0 unspecified atom stereocenters. The number of para-hydroxylation sites is 2. The second kappa shape index (κ2) is 15.9. The van der Waals surface area contributed by atoms with Gasteiger partial charge in [0.25, 0.3) is 0 Å². The average Bonchev–Trinajstić information content (AvgIpc) is 3.94. The molecule has 0 fully saturated rings. The van der Waals surface area contributed by atoms with Gasteiger partial charge in [0.1, 0.15) is 6.07 Å². The van der Waals surface area contributed by atoms with Crippen LogP contribution in [0.2, 0.25) is 0 Å². The van der Waals surface area contributed by atoms with Crippen LogP contribution in [0.15, 0.2) is 231 Å². The van der Waals surface area contributed by atoms with E-state index in [4.69, 9.17) is 15.0 Å². The molecule has 0 atom stereocenters. The van der Waals surface area contributed by atoms with Crippen LogP contribution in [0, 0.1) is 11.3 Å². The molecule has 0 spiro atoms. The number of hydrogen-bond acceptors (Lipinski definition) is 4. The van der Waals surface area contributed by atoms with Gasteiger partial charge in [-0.1, -0.05) is 182 Å². The molecule has 68 heavy (non-hydrogen) atoms. The quantitative estimate of drug-likeness (QED) is 0.160. The minimum absolute atomic E-state index is 0.482. The van der Waals surface area contributed by atoms with Gasteiger partial charge in [0.2, 0.25) is 0 Å². The van der Waals surface area contributed by atoms with Gasteiger partial charge < -0.3 is 9.13 Å². The molecule has 10 aromatic carbocycles. The molecular formula is C62H38N6. The van der Waals surface area contributed by atoms with Crippen molar-refractivity contribution in [1.29, 1.82) is 5.26 Å². The maximum Gasteiger partial charge on any atom is 0.164 e. The second-order valence-corrected chi connectivity index (χ2v) is 17.1. The summed E-state index contributed by atoms with van der Waals surface area (Å²) in [5.74, 6) is 1.58. The normalized spacial score (nSPS) is 11.5. The van der Waals surface area contributed by atoms with Crippen LogP contribution >= 0.6 is 0 Å². The van der Waals surface area contributed by atoms with Crippen LogP contribution in [0.5, 0.6) is 0 Å². The minimum Gasteiger partial charge on any atom is -0.309 e. The summed E-state index contributed by atoms with van der Waals surface area (Å²) in [6.45, 7) is 0. The zero-order valence-electron chi connectivity index (χ0n) is 36.6. The van der Waals surface area contributed by atoms with Crippen molar-refractivity contribution in [2.24, 2.45) is 0 Å². The number of rotatable bonds is 7. The van der Waals surface area contributed by atoms with E-state index in [0.29, 0.717) is 23.0 Å². The number of fused-ring (bicyclic) bond motifs is 8. The smallest absolute Gasteiger partial charge is 0.164 e. The maximum absolute atomic E-state index is 11.1. The Bertz CT molecular complexity index is 4020. The molecule has 0 aliphatic rings. The average molecular weight is 867 g/mol. The van der Waals surface area contributed by atoms with Gasteiger partial charge in [-0.2, -0.15) is 5.26 Å². The predicted octanol–water partition coefficient (Wildman–Crippen LogP) is 15.4. The van der Waals surface area contributed by atoms with E-state index >= 15 is 0 Å². The van der Waals surface area contributed by atoms with E-state index in [0.717, 1.165) is 93.9 Å². The van der Waals surface area contributed by atoms with E-state index in [1.54, 1.807) is 0 Å². The van der Waals surface area contributed by atoms with E-state index < -0.39 is 0 Å². The first-order valence-electron chi connectivity index (χ1n) is 22.7. The summed E-state index contributed by atoms with van der Waals surface area (Å²) in [4.78, 5) is 15.3. The molecule has 0 aliphatic carbocycles. The van der Waals surface area contributed by atoms with Gasteiger partial charge in [-0.3, -0.25) is 0 Å². The van der Waals surface area contributed by atoms with Crippen LogP contribution < -0.4 is 0 Å². The van der Waals surface area contributed by atoms with Crippen molar-refractivity contribution in [1.82, 2.24) is 24.1 Å². The van der Waals surface area contributed by atoms with Crippen LogP contribution in [-0.4, -0.2) is 24.1 Å². The molecule has 0 saturated heterocycles. The maximum atomic E-state index is 11.1. The highest BCUT2D eigenvalue weighted by atomic mass is 15.0. The largest absolute Gasteiger partial charge is 0.309 e. The second-order valence-electron chi connectivity index (χ2n) is 17.1. The fourth-order valence-electron chi connectivity index (χ4n) is 9.96. The van der Waals surface area contributed by atoms with Gasteiger partial charge in [0.05, 0.1) is 33.3 Å².